The summed E-state index contributed by atoms with van der Waals surface area (Å²) < 4.78 is 1.49. The minimum absolute atomic E-state index is 0.187. The number of carbonyl (C=O) groups excluding carboxylic acids is 1. The summed E-state index contributed by atoms with van der Waals surface area (Å²) in [5.41, 5.74) is 7.53. The van der Waals surface area contributed by atoms with Crippen molar-refractivity contribution in [1.29, 1.82) is 0 Å². The second-order valence-electron chi connectivity index (χ2n) is 7.81. The van der Waals surface area contributed by atoms with Crippen molar-refractivity contribution in [2.75, 3.05) is 0 Å². The molecule has 1 amide bonds. The predicted molar refractivity (Wildman–Crippen MR) is 114 cm³/mol. The Kier molecular flexibility index (Phi) is 4.51. The fourth-order valence-electron chi connectivity index (χ4n) is 4.27. The third kappa shape index (κ3) is 2.95. The average molecular weight is 373 g/mol. The molecule has 29 heavy (non-hydrogen) atoms. The Morgan fingerprint density at radius 3 is 2.55 bits per heavy atom. The summed E-state index contributed by atoms with van der Waals surface area (Å²) in [5.74, 6) is -0.606. The zero-order valence-corrected chi connectivity index (χ0v) is 15.7. The number of hydrogen-bond acceptors (Lipinski definition) is 4. The molecule has 1 aliphatic rings. The quantitative estimate of drug-likeness (QED) is 0.627. The lowest BCUT2D eigenvalue weighted by Gasteiger charge is -2.54. The van der Waals surface area contributed by atoms with E-state index in [9.17, 15) is 4.79 Å². The van der Waals surface area contributed by atoms with E-state index in [4.69, 9.17) is 45.0 Å². The molecule has 10 radical (unpaired) electrons. The summed E-state index contributed by atoms with van der Waals surface area (Å²) in [6.07, 6.45) is 6.90. The molecule has 134 valence electrons. The Balaban J connectivity index is 1.82. The monoisotopic (exact) mass is 374 g/mol. The van der Waals surface area contributed by atoms with Crippen LogP contribution in [0.3, 0.4) is 0 Å². The number of H-pyrrole nitrogens is 1. The van der Waals surface area contributed by atoms with E-state index in [-0.39, 0.29) is 19.3 Å². The molecule has 0 spiro atoms. The van der Waals surface area contributed by atoms with E-state index < -0.39 is 27.7 Å². The minimum atomic E-state index is -1.55. The Hall–Kier alpha value is -2.38. The number of hydrogen-bond donors (Lipinski definition) is 2. The van der Waals surface area contributed by atoms with Gasteiger partial charge < -0.3 is 10.7 Å². The van der Waals surface area contributed by atoms with Gasteiger partial charge in [0, 0.05) is 29.8 Å². The maximum atomic E-state index is 11.9. The van der Waals surface area contributed by atoms with Gasteiger partial charge in [0.2, 0.25) is 5.91 Å². The number of nitrogens with two attached hydrogens (primary N) is 1. The van der Waals surface area contributed by atoms with Crippen molar-refractivity contribution >= 4 is 56.2 Å². The highest BCUT2D eigenvalue weighted by atomic mass is 16.1. The summed E-state index contributed by atoms with van der Waals surface area (Å²) >= 11 is 0. The molecule has 3 heterocycles. The predicted octanol–water partition coefficient (Wildman–Crippen LogP) is 0.265. The molecule has 3 aromatic rings. The average Bonchev–Trinajstić information content (AvgIpc) is 3.35. The van der Waals surface area contributed by atoms with Gasteiger partial charge in [-0.3, -0.25) is 9.48 Å². The number of aromatic nitrogens is 5. The van der Waals surface area contributed by atoms with Gasteiger partial charge in [0.25, 0.3) is 0 Å². The van der Waals surface area contributed by atoms with Crippen LogP contribution >= 0.6 is 0 Å². The molecule has 0 aromatic carbocycles. The van der Waals surface area contributed by atoms with E-state index in [1.54, 1.807) is 18.6 Å². The van der Waals surface area contributed by atoms with E-state index in [0.717, 1.165) is 5.39 Å². The zero-order valence-electron chi connectivity index (χ0n) is 15.7. The molecule has 1 saturated carbocycles. The first-order chi connectivity index (χ1) is 13.6. The first-order valence-electron chi connectivity index (χ1n) is 9.12. The number of aromatic amines is 1. The number of rotatable bonds is 5. The van der Waals surface area contributed by atoms with Gasteiger partial charge in [-0.05, 0) is 6.07 Å². The minimum Gasteiger partial charge on any atom is -0.370 e. The number of carbonyl (C=O) groups is 1. The molecule has 1 atom stereocenters. The second kappa shape index (κ2) is 6.57. The highest BCUT2D eigenvalue weighted by Crippen LogP contribution is 2.74. The molecule has 0 bridgehead atoms. The third-order valence-corrected chi connectivity index (χ3v) is 5.96. The van der Waals surface area contributed by atoms with Crippen molar-refractivity contribution in [1.82, 2.24) is 24.7 Å². The molecule has 1 aliphatic carbocycles. The van der Waals surface area contributed by atoms with Crippen molar-refractivity contribution in [2.24, 2.45) is 5.73 Å². The van der Waals surface area contributed by atoms with Gasteiger partial charge in [0.05, 0.1) is 57.2 Å². The lowest BCUT2D eigenvalue weighted by molar-refractivity contribution is -0.119. The highest BCUT2D eigenvalue weighted by molar-refractivity contribution is 6.53. The van der Waals surface area contributed by atoms with Gasteiger partial charge in [0.1, 0.15) is 12.0 Å². The number of amides is 1. The molecule has 12 heteroatoms. The molecule has 3 N–H and O–H groups in total. The van der Waals surface area contributed by atoms with Crippen molar-refractivity contribution in [3.05, 3.63) is 31.0 Å². The largest absolute Gasteiger partial charge is 0.370 e. The van der Waals surface area contributed by atoms with E-state index in [1.807, 2.05) is 6.07 Å². The normalized spacial score (nSPS) is 20.6. The maximum Gasteiger partial charge on any atom is 0.219 e. The smallest absolute Gasteiger partial charge is 0.219 e. The van der Waals surface area contributed by atoms with Crippen molar-refractivity contribution in [3.63, 3.8) is 0 Å². The van der Waals surface area contributed by atoms with Crippen molar-refractivity contribution in [3.8, 4) is 11.3 Å². The molecular formula is C17H15B5N6O. The summed E-state index contributed by atoms with van der Waals surface area (Å²) in [4.78, 5) is 23.4. The summed E-state index contributed by atoms with van der Waals surface area (Å²) in [6.45, 7) is 0. The fourth-order valence-corrected chi connectivity index (χ4v) is 4.27. The van der Waals surface area contributed by atoms with Crippen LogP contribution in [0.1, 0.15) is 25.3 Å². The summed E-state index contributed by atoms with van der Waals surface area (Å²) in [5, 5.41) is 0.816. The van der Waals surface area contributed by atoms with E-state index >= 15 is 0 Å². The molecule has 3 aromatic heterocycles. The number of primary amides is 1. The fraction of sp³-hybridized carbons (Fsp3) is 0.412. The molecule has 7 nitrogen and oxygen atoms in total. The first kappa shape index (κ1) is 19.9. The van der Waals surface area contributed by atoms with Gasteiger partial charge in [-0.2, -0.15) is 5.10 Å². The maximum absolute atomic E-state index is 11.9. The Morgan fingerprint density at radius 1 is 1.21 bits per heavy atom. The first-order valence-corrected chi connectivity index (χ1v) is 9.12. The van der Waals surface area contributed by atoms with Gasteiger partial charge >= 0.3 is 0 Å². The van der Waals surface area contributed by atoms with Gasteiger partial charge in [-0.15, -0.1) is 0 Å². The lowest BCUT2D eigenvalue weighted by atomic mass is 9.25. The van der Waals surface area contributed by atoms with Crippen LogP contribution in [0, 0.1) is 0 Å². The number of fused-ring (bicyclic) bond motifs is 1. The van der Waals surface area contributed by atoms with Crippen LogP contribution in [0.5, 0.6) is 0 Å². The molecular weight excluding hydrogens is 358 g/mol. The Labute approximate surface area is 175 Å². The second-order valence-corrected chi connectivity index (χ2v) is 7.81. The molecule has 1 fully saturated rings. The molecule has 4 rings (SSSR count). The Morgan fingerprint density at radius 2 is 1.90 bits per heavy atom. The van der Waals surface area contributed by atoms with Crippen LogP contribution in [0.4, 0.5) is 0 Å². The van der Waals surface area contributed by atoms with Gasteiger partial charge in [-0.25, -0.2) is 9.97 Å². The topological polar surface area (TPSA) is 102 Å². The van der Waals surface area contributed by atoms with Crippen molar-refractivity contribution < 1.29 is 4.79 Å². The van der Waals surface area contributed by atoms with Gasteiger partial charge in [0.15, 0.2) is 0 Å². The van der Waals surface area contributed by atoms with Crippen LogP contribution in [-0.2, 0) is 4.79 Å². The van der Waals surface area contributed by atoms with Gasteiger partial charge in [-0.1, -0.05) is 28.6 Å². The summed E-state index contributed by atoms with van der Waals surface area (Å²) in [6, 6.07) is 1.00. The van der Waals surface area contributed by atoms with E-state index in [0.29, 0.717) is 16.9 Å². The van der Waals surface area contributed by atoms with Crippen LogP contribution in [0.15, 0.2) is 31.0 Å². The Bertz CT molecular complexity index is 1060. The lowest BCUT2D eigenvalue weighted by Crippen LogP contribution is -2.44. The van der Waals surface area contributed by atoms with Crippen LogP contribution < -0.4 is 5.73 Å². The standard InChI is InChI=1S/C17H15B5N6O/c18-15(19)2-3-16(20,21)17(15,22)11(5-12(23)29)28-7-9(6-27-28)13-10-1-4-24-14(10)26-8-25-13/h1,4,6-8,11H,2-3,5H2,(H2,23,29)(H,24,25,26)/t11-/m1/s1. The van der Waals surface area contributed by atoms with E-state index in [1.165, 1.54) is 11.0 Å². The third-order valence-electron chi connectivity index (χ3n) is 5.96. The zero-order chi connectivity index (χ0) is 21.0. The molecule has 0 aliphatic heterocycles. The highest BCUT2D eigenvalue weighted by Gasteiger charge is 2.58. The van der Waals surface area contributed by atoms with E-state index in [2.05, 4.69) is 20.1 Å². The van der Waals surface area contributed by atoms with Crippen LogP contribution in [0.2, 0.25) is 15.7 Å². The van der Waals surface area contributed by atoms with Crippen molar-refractivity contribution in [2.45, 2.75) is 41.0 Å². The van der Waals surface area contributed by atoms with Crippen LogP contribution in [0.25, 0.3) is 22.3 Å². The van der Waals surface area contributed by atoms with Crippen LogP contribution in [-0.4, -0.2) is 69.9 Å². The molecule has 0 saturated heterocycles. The number of nitrogens with zero attached hydrogens (tertiary/aromatic N) is 4. The summed E-state index contributed by atoms with van der Waals surface area (Å²) in [7, 11) is 31.9. The SMILES string of the molecule is [B]C1([B])CCC([B])([B])C1([B])[C@@H](CC(N)=O)n1cc(-c2ncnc3[nH]ccc23)cn1. The number of nitrogens with one attached hydrogen (secondary N) is 1. The molecule has 0 unspecified atom stereocenters.